The third kappa shape index (κ3) is 3.11. The molecule has 0 saturated heterocycles. The van der Waals surface area contributed by atoms with Crippen LogP contribution in [0.3, 0.4) is 0 Å². The summed E-state index contributed by atoms with van der Waals surface area (Å²) in [6.07, 6.45) is 8.45. The number of hydrogen-bond acceptors (Lipinski definition) is 4. The highest BCUT2D eigenvalue weighted by atomic mass is 32.1. The van der Waals surface area contributed by atoms with Crippen LogP contribution in [0, 0.1) is 12.8 Å². The Morgan fingerprint density at radius 1 is 1.59 bits per heavy atom. The van der Waals surface area contributed by atoms with E-state index in [9.17, 15) is 4.79 Å². The van der Waals surface area contributed by atoms with Crippen LogP contribution in [0.4, 0.5) is 0 Å². The predicted octanol–water partition coefficient (Wildman–Crippen LogP) is 2.97. The first-order valence-electron chi connectivity index (χ1n) is 7.51. The number of rotatable bonds is 6. The average Bonchev–Trinajstić information content (AvgIpc) is 3.01. The molecule has 1 amide bonds. The number of allylic oxidation sites excluding steroid dienone is 1. The van der Waals surface area contributed by atoms with Gasteiger partial charge in [-0.3, -0.25) is 9.48 Å². The van der Waals surface area contributed by atoms with Gasteiger partial charge in [0.1, 0.15) is 0 Å². The van der Waals surface area contributed by atoms with Crippen molar-refractivity contribution in [1.82, 2.24) is 14.8 Å². The lowest BCUT2D eigenvalue weighted by Crippen LogP contribution is -2.13. The molecule has 2 heterocycles. The molecule has 0 aliphatic heterocycles. The zero-order valence-corrected chi connectivity index (χ0v) is 13.6. The summed E-state index contributed by atoms with van der Waals surface area (Å²) in [7, 11) is 0. The maximum absolute atomic E-state index is 11.5. The second-order valence-electron chi connectivity index (χ2n) is 5.87. The van der Waals surface area contributed by atoms with Gasteiger partial charge < -0.3 is 5.73 Å². The highest BCUT2D eigenvalue weighted by Gasteiger charge is 2.25. The van der Waals surface area contributed by atoms with Gasteiger partial charge in [0.15, 0.2) is 5.69 Å². The Morgan fingerprint density at radius 3 is 2.95 bits per heavy atom. The lowest BCUT2D eigenvalue weighted by molar-refractivity contribution is 0.0994. The van der Waals surface area contributed by atoms with Crippen LogP contribution in [-0.4, -0.2) is 20.7 Å². The third-order valence-electron chi connectivity index (χ3n) is 3.98. The number of hydrogen-bond donors (Lipinski definition) is 1. The summed E-state index contributed by atoms with van der Waals surface area (Å²) in [5.41, 5.74) is 7.64. The van der Waals surface area contributed by atoms with E-state index in [1.807, 2.05) is 29.3 Å². The zero-order chi connectivity index (χ0) is 15.7. The van der Waals surface area contributed by atoms with Crippen molar-refractivity contribution in [2.24, 2.45) is 11.7 Å². The van der Waals surface area contributed by atoms with E-state index in [2.05, 4.69) is 23.1 Å². The van der Waals surface area contributed by atoms with Crippen molar-refractivity contribution in [1.29, 1.82) is 0 Å². The van der Waals surface area contributed by atoms with Crippen LogP contribution in [0.15, 0.2) is 17.7 Å². The molecular weight excluding hydrogens is 296 g/mol. The summed E-state index contributed by atoms with van der Waals surface area (Å²) < 4.78 is 1.93. The van der Waals surface area contributed by atoms with Crippen molar-refractivity contribution in [2.75, 3.05) is 0 Å². The van der Waals surface area contributed by atoms with Crippen molar-refractivity contribution in [3.05, 3.63) is 39.6 Å². The Morgan fingerprint density at radius 2 is 2.36 bits per heavy atom. The first-order valence-corrected chi connectivity index (χ1v) is 8.39. The molecule has 0 radical (unpaired) electrons. The van der Waals surface area contributed by atoms with Gasteiger partial charge in [-0.25, -0.2) is 4.98 Å². The van der Waals surface area contributed by atoms with Gasteiger partial charge in [-0.2, -0.15) is 5.10 Å². The largest absolute Gasteiger partial charge is 0.364 e. The summed E-state index contributed by atoms with van der Waals surface area (Å²) >= 11 is 1.65. The Labute approximate surface area is 133 Å². The number of thiazole rings is 1. The fraction of sp³-hybridized carbons (Fsp3) is 0.438. The number of nitrogens with zero attached hydrogens (tertiary/aromatic N) is 3. The molecule has 22 heavy (non-hydrogen) atoms. The standard InChI is InChI=1S/C16H20N4OS/c1-10(16-18-7-8-22-16)3-6-13-11(2)14(15(17)21)19-20(13)9-12-4-5-12/h3,6-8,10,12H,4-5,9H2,1-2H3,(H2,17,21)/b6-3-. The number of carbonyl (C=O) groups excluding carboxylic acids is 1. The van der Waals surface area contributed by atoms with Gasteiger partial charge in [0.05, 0.1) is 10.7 Å². The fourth-order valence-corrected chi connectivity index (χ4v) is 3.15. The van der Waals surface area contributed by atoms with Crippen LogP contribution >= 0.6 is 11.3 Å². The van der Waals surface area contributed by atoms with E-state index < -0.39 is 5.91 Å². The lowest BCUT2D eigenvalue weighted by Gasteiger charge is -2.05. The second kappa shape index (κ2) is 6.04. The molecule has 1 atom stereocenters. The number of nitrogens with two attached hydrogens (primary N) is 1. The minimum absolute atomic E-state index is 0.237. The van der Waals surface area contributed by atoms with Gasteiger partial charge in [0, 0.05) is 29.6 Å². The SMILES string of the molecule is Cc1c(C(N)=O)nn(CC2CC2)c1/C=C\C(C)c1nccs1. The summed E-state index contributed by atoms with van der Waals surface area (Å²) in [5.74, 6) is 0.457. The van der Waals surface area contributed by atoms with Gasteiger partial charge in [-0.05, 0) is 31.8 Å². The van der Waals surface area contributed by atoms with Crippen LogP contribution in [0.1, 0.15) is 52.4 Å². The Hall–Kier alpha value is -1.95. The molecule has 0 spiro atoms. The molecular formula is C16H20N4OS. The van der Waals surface area contributed by atoms with Crippen molar-refractivity contribution >= 4 is 23.3 Å². The van der Waals surface area contributed by atoms with Crippen molar-refractivity contribution in [2.45, 2.75) is 39.2 Å². The average molecular weight is 316 g/mol. The molecule has 6 heteroatoms. The number of aromatic nitrogens is 3. The van der Waals surface area contributed by atoms with E-state index in [1.165, 1.54) is 12.8 Å². The van der Waals surface area contributed by atoms with E-state index in [0.29, 0.717) is 11.6 Å². The van der Waals surface area contributed by atoms with Crippen LogP contribution < -0.4 is 5.73 Å². The molecule has 1 aliphatic rings. The highest BCUT2D eigenvalue weighted by molar-refractivity contribution is 7.09. The molecule has 2 N–H and O–H groups in total. The van der Waals surface area contributed by atoms with Crippen molar-refractivity contribution < 1.29 is 4.79 Å². The summed E-state index contributed by atoms with van der Waals surface area (Å²) in [4.78, 5) is 15.9. The quantitative estimate of drug-likeness (QED) is 0.890. The molecule has 3 rings (SSSR count). The van der Waals surface area contributed by atoms with Crippen LogP contribution in [0.25, 0.3) is 6.08 Å². The molecule has 5 nitrogen and oxygen atoms in total. The normalized spacial score (nSPS) is 16.3. The van der Waals surface area contributed by atoms with E-state index in [1.54, 1.807) is 11.3 Å². The molecule has 1 aliphatic carbocycles. The Kier molecular flexibility index (Phi) is 4.11. The summed E-state index contributed by atoms with van der Waals surface area (Å²) in [5, 5.41) is 7.47. The molecule has 1 saturated carbocycles. The van der Waals surface area contributed by atoms with Crippen LogP contribution in [-0.2, 0) is 6.54 Å². The molecule has 1 fully saturated rings. The fourth-order valence-electron chi connectivity index (χ4n) is 2.47. The lowest BCUT2D eigenvalue weighted by atomic mass is 10.1. The molecule has 1 unspecified atom stereocenters. The summed E-state index contributed by atoms with van der Waals surface area (Å²) in [6, 6.07) is 0. The maximum Gasteiger partial charge on any atom is 0.269 e. The maximum atomic E-state index is 11.5. The van der Waals surface area contributed by atoms with Gasteiger partial charge in [0.25, 0.3) is 5.91 Å². The monoisotopic (exact) mass is 316 g/mol. The van der Waals surface area contributed by atoms with Gasteiger partial charge in [-0.15, -0.1) is 11.3 Å². The van der Waals surface area contributed by atoms with Gasteiger partial charge in [-0.1, -0.05) is 13.0 Å². The molecule has 2 aromatic heterocycles. The van der Waals surface area contributed by atoms with E-state index in [4.69, 9.17) is 5.73 Å². The second-order valence-corrected chi connectivity index (χ2v) is 6.79. The van der Waals surface area contributed by atoms with E-state index in [-0.39, 0.29) is 5.92 Å². The topological polar surface area (TPSA) is 73.8 Å². The van der Waals surface area contributed by atoms with Crippen molar-refractivity contribution in [3.63, 3.8) is 0 Å². The highest BCUT2D eigenvalue weighted by Crippen LogP contribution is 2.32. The number of amides is 1. The molecule has 2 aromatic rings. The Bertz CT molecular complexity index is 698. The van der Waals surface area contributed by atoms with Gasteiger partial charge >= 0.3 is 0 Å². The number of primary amides is 1. The van der Waals surface area contributed by atoms with E-state index >= 15 is 0 Å². The first-order chi connectivity index (χ1) is 10.6. The molecule has 0 aromatic carbocycles. The number of carbonyl (C=O) groups is 1. The molecule has 116 valence electrons. The molecule has 0 bridgehead atoms. The smallest absolute Gasteiger partial charge is 0.269 e. The summed E-state index contributed by atoms with van der Waals surface area (Å²) in [6.45, 7) is 4.88. The van der Waals surface area contributed by atoms with Crippen molar-refractivity contribution in [3.8, 4) is 0 Å². The zero-order valence-electron chi connectivity index (χ0n) is 12.8. The minimum atomic E-state index is -0.463. The van der Waals surface area contributed by atoms with Gasteiger partial charge in [0.2, 0.25) is 0 Å². The predicted molar refractivity (Wildman–Crippen MR) is 87.8 cm³/mol. The third-order valence-corrected chi connectivity index (χ3v) is 4.96. The van der Waals surface area contributed by atoms with Crippen LogP contribution in [0.2, 0.25) is 0 Å². The van der Waals surface area contributed by atoms with Crippen LogP contribution in [0.5, 0.6) is 0 Å². The van der Waals surface area contributed by atoms with E-state index in [0.717, 1.165) is 22.8 Å². The first kappa shape index (κ1) is 15.0. The minimum Gasteiger partial charge on any atom is -0.364 e. The Balaban J connectivity index is 1.88.